The largest absolute Gasteiger partial charge is 0.449 e. The third-order valence-electron chi connectivity index (χ3n) is 5.15. The number of nitriles is 1. The minimum Gasteiger partial charge on any atom is -0.449 e. The van der Waals surface area contributed by atoms with Crippen molar-refractivity contribution in [3.63, 3.8) is 0 Å². The van der Waals surface area contributed by atoms with Gasteiger partial charge in [-0.2, -0.15) is 10.4 Å². The normalized spacial score (nSPS) is 16.5. The Balaban J connectivity index is 1.72. The van der Waals surface area contributed by atoms with Gasteiger partial charge in [0.15, 0.2) is 6.10 Å². The number of hydrogen-bond acceptors (Lipinski definition) is 5. The number of para-hydroxylation sites is 1. The van der Waals surface area contributed by atoms with Gasteiger partial charge < -0.3 is 10.1 Å². The van der Waals surface area contributed by atoms with E-state index in [4.69, 9.17) is 16.3 Å². The zero-order valence-corrected chi connectivity index (χ0v) is 17.2. The SMILES string of the molecule is Cc1nn(-c2ccccc2)c(Cl)c1C(=O)O[C@@H](C)C(=O)NC1(C#N)CCCCC1. The van der Waals surface area contributed by atoms with E-state index in [1.807, 2.05) is 30.3 Å². The Morgan fingerprint density at radius 1 is 1.28 bits per heavy atom. The number of nitrogens with zero attached hydrogens (tertiary/aromatic N) is 3. The summed E-state index contributed by atoms with van der Waals surface area (Å²) in [5, 5.41) is 16.7. The molecule has 29 heavy (non-hydrogen) atoms. The van der Waals surface area contributed by atoms with E-state index in [0.717, 1.165) is 19.3 Å². The van der Waals surface area contributed by atoms with E-state index in [0.29, 0.717) is 24.2 Å². The van der Waals surface area contributed by atoms with Crippen molar-refractivity contribution in [2.24, 2.45) is 0 Å². The fourth-order valence-electron chi connectivity index (χ4n) is 3.50. The molecule has 1 aromatic carbocycles. The first-order valence-corrected chi connectivity index (χ1v) is 9.99. The van der Waals surface area contributed by atoms with Crippen LogP contribution in [0.25, 0.3) is 5.69 Å². The second-order valence-corrected chi connectivity index (χ2v) is 7.65. The number of benzene rings is 1. The summed E-state index contributed by atoms with van der Waals surface area (Å²) in [6.07, 6.45) is 2.96. The summed E-state index contributed by atoms with van der Waals surface area (Å²) in [6.45, 7) is 3.13. The first-order valence-electron chi connectivity index (χ1n) is 9.62. The molecular formula is C21H23ClN4O3. The number of esters is 1. The highest BCUT2D eigenvalue weighted by Gasteiger charge is 2.36. The highest BCUT2D eigenvalue weighted by molar-refractivity contribution is 6.33. The van der Waals surface area contributed by atoms with E-state index in [2.05, 4.69) is 16.5 Å². The molecule has 0 bridgehead atoms. The Morgan fingerprint density at radius 3 is 2.55 bits per heavy atom. The van der Waals surface area contributed by atoms with Crippen LogP contribution < -0.4 is 5.32 Å². The maximum Gasteiger partial charge on any atom is 0.344 e. The van der Waals surface area contributed by atoms with Crippen molar-refractivity contribution >= 4 is 23.5 Å². The van der Waals surface area contributed by atoms with Crippen LogP contribution in [0.4, 0.5) is 0 Å². The van der Waals surface area contributed by atoms with Crippen LogP contribution >= 0.6 is 11.6 Å². The zero-order valence-electron chi connectivity index (χ0n) is 16.4. The third-order valence-corrected chi connectivity index (χ3v) is 5.49. The standard InChI is InChI=1S/C21H23ClN4O3/c1-14-17(18(22)26(25-14)16-9-5-3-6-10-16)20(28)29-15(2)19(27)24-21(13-23)11-7-4-8-12-21/h3,5-6,9-10,15H,4,7-8,11-12H2,1-2H3,(H,24,27)/t15-/m0/s1. The lowest BCUT2D eigenvalue weighted by molar-refractivity contribution is -0.130. The van der Waals surface area contributed by atoms with Crippen molar-refractivity contribution in [2.75, 3.05) is 0 Å². The van der Waals surface area contributed by atoms with Gasteiger partial charge >= 0.3 is 5.97 Å². The van der Waals surface area contributed by atoms with Crippen LogP contribution in [0.2, 0.25) is 5.15 Å². The van der Waals surface area contributed by atoms with E-state index in [1.165, 1.54) is 11.6 Å². The topological polar surface area (TPSA) is 97.0 Å². The number of carbonyl (C=O) groups excluding carboxylic acids is 2. The summed E-state index contributed by atoms with van der Waals surface area (Å²) in [7, 11) is 0. The fourth-order valence-corrected chi connectivity index (χ4v) is 3.85. The van der Waals surface area contributed by atoms with Crippen LogP contribution in [0.3, 0.4) is 0 Å². The van der Waals surface area contributed by atoms with E-state index >= 15 is 0 Å². The number of carbonyl (C=O) groups is 2. The average molecular weight is 415 g/mol. The predicted molar refractivity (Wildman–Crippen MR) is 108 cm³/mol. The molecule has 1 aliphatic rings. The molecule has 152 valence electrons. The Kier molecular flexibility index (Phi) is 6.23. The van der Waals surface area contributed by atoms with Crippen molar-refractivity contribution < 1.29 is 14.3 Å². The average Bonchev–Trinajstić information content (AvgIpc) is 3.03. The molecule has 2 aromatic rings. The summed E-state index contributed by atoms with van der Waals surface area (Å²) in [5.74, 6) is -1.22. The molecule has 1 atom stereocenters. The molecule has 1 saturated carbocycles. The molecule has 3 rings (SSSR count). The van der Waals surface area contributed by atoms with Crippen molar-refractivity contribution in [3.8, 4) is 11.8 Å². The van der Waals surface area contributed by atoms with Crippen LogP contribution in [-0.4, -0.2) is 33.3 Å². The monoisotopic (exact) mass is 414 g/mol. The summed E-state index contributed by atoms with van der Waals surface area (Å²) in [6, 6.07) is 11.4. The quantitative estimate of drug-likeness (QED) is 0.752. The summed E-state index contributed by atoms with van der Waals surface area (Å²) in [5.41, 5.74) is 0.334. The van der Waals surface area contributed by atoms with Gasteiger partial charge in [0.1, 0.15) is 16.3 Å². The maximum atomic E-state index is 12.7. The molecule has 0 aliphatic heterocycles. The van der Waals surface area contributed by atoms with E-state index in [1.54, 1.807) is 6.92 Å². The lowest BCUT2D eigenvalue weighted by Gasteiger charge is -2.32. The van der Waals surface area contributed by atoms with Crippen LogP contribution in [0.5, 0.6) is 0 Å². The fraction of sp³-hybridized carbons (Fsp3) is 0.429. The molecule has 0 saturated heterocycles. The number of amides is 1. The highest BCUT2D eigenvalue weighted by Crippen LogP contribution is 2.28. The number of ether oxygens (including phenoxy) is 1. The molecule has 7 nitrogen and oxygen atoms in total. The molecule has 1 heterocycles. The smallest absolute Gasteiger partial charge is 0.344 e. The highest BCUT2D eigenvalue weighted by atomic mass is 35.5. The molecule has 1 fully saturated rings. The first-order chi connectivity index (χ1) is 13.9. The van der Waals surface area contributed by atoms with Gasteiger partial charge in [-0.25, -0.2) is 9.48 Å². The first kappa shape index (κ1) is 20.9. The Labute approximate surface area is 174 Å². The van der Waals surface area contributed by atoms with Gasteiger partial charge in [0.25, 0.3) is 5.91 Å². The maximum absolute atomic E-state index is 12.7. The van der Waals surface area contributed by atoms with Gasteiger partial charge in [0, 0.05) is 0 Å². The minimum atomic E-state index is -1.06. The third kappa shape index (κ3) is 4.43. The van der Waals surface area contributed by atoms with Crippen molar-refractivity contribution in [1.82, 2.24) is 15.1 Å². The van der Waals surface area contributed by atoms with E-state index in [-0.39, 0.29) is 10.7 Å². The number of rotatable bonds is 5. The zero-order chi connectivity index (χ0) is 21.0. The van der Waals surface area contributed by atoms with Crippen molar-refractivity contribution in [2.45, 2.75) is 57.6 Å². The molecule has 0 unspecified atom stereocenters. The van der Waals surface area contributed by atoms with Crippen LogP contribution in [0, 0.1) is 18.3 Å². The molecule has 1 amide bonds. The molecule has 1 aromatic heterocycles. The van der Waals surface area contributed by atoms with Gasteiger partial charge in [0.05, 0.1) is 17.5 Å². The van der Waals surface area contributed by atoms with Gasteiger partial charge in [-0.3, -0.25) is 4.79 Å². The molecule has 1 N–H and O–H groups in total. The van der Waals surface area contributed by atoms with Gasteiger partial charge in [-0.05, 0) is 38.8 Å². The van der Waals surface area contributed by atoms with Gasteiger partial charge in [-0.15, -0.1) is 0 Å². The number of aryl methyl sites for hydroxylation is 1. The summed E-state index contributed by atoms with van der Waals surface area (Å²) < 4.78 is 6.79. The van der Waals surface area contributed by atoms with Crippen molar-refractivity contribution in [3.05, 3.63) is 46.7 Å². The Bertz CT molecular complexity index is 943. The van der Waals surface area contributed by atoms with Crippen molar-refractivity contribution in [1.29, 1.82) is 5.26 Å². The van der Waals surface area contributed by atoms with Crippen LogP contribution in [0.15, 0.2) is 30.3 Å². The summed E-state index contributed by atoms with van der Waals surface area (Å²) >= 11 is 6.38. The number of aromatic nitrogens is 2. The van der Waals surface area contributed by atoms with Crippen LogP contribution in [-0.2, 0) is 9.53 Å². The summed E-state index contributed by atoms with van der Waals surface area (Å²) in [4.78, 5) is 25.2. The molecule has 0 radical (unpaired) electrons. The second-order valence-electron chi connectivity index (χ2n) is 7.29. The lowest BCUT2D eigenvalue weighted by Crippen LogP contribution is -2.52. The Hall–Kier alpha value is -2.85. The van der Waals surface area contributed by atoms with E-state index in [9.17, 15) is 14.9 Å². The molecule has 0 spiro atoms. The minimum absolute atomic E-state index is 0.114. The second kappa shape index (κ2) is 8.66. The van der Waals surface area contributed by atoms with Crippen LogP contribution in [0.1, 0.15) is 55.1 Å². The number of nitrogens with one attached hydrogen (secondary N) is 1. The number of hydrogen-bond donors (Lipinski definition) is 1. The molecular weight excluding hydrogens is 392 g/mol. The van der Waals surface area contributed by atoms with Gasteiger partial charge in [0.2, 0.25) is 0 Å². The Morgan fingerprint density at radius 2 is 1.93 bits per heavy atom. The van der Waals surface area contributed by atoms with Gasteiger partial charge in [-0.1, -0.05) is 49.1 Å². The lowest BCUT2D eigenvalue weighted by atomic mass is 9.83. The molecule has 1 aliphatic carbocycles. The van der Waals surface area contributed by atoms with E-state index < -0.39 is 23.5 Å². The predicted octanol–water partition coefficient (Wildman–Crippen LogP) is 3.72. The molecule has 8 heteroatoms. The number of halogens is 1.